The normalized spacial score (nSPS) is 12.5. The Morgan fingerprint density at radius 3 is 2.60 bits per heavy atom. The van der Waals surface area contributed by atoms with Crippen LogP contribution in [0, 0.1) is 11.6 Å². The lowest BCUT2D eigenvalue weighted by atomic mass is 10.2. The first kappa shape index (κ1) is 11.9. The number of ether oxygens (including phenoxy) is 1. The van der Waals surface area contributed by atoms with Gasteiger partial charge in [0, 0.05) is 12.6 Å². The van der Waals surface area contributed by atoms with Gasteiger partial charge in [0.1, 0.15) is 11.9 Å². The van der Waals surface area contributed by atoms with Gasteiger partial charge in [-0.25, -0.2) is 8.78 Å². The van der Waals surface area contributed by atoms with E-state index < -0.39 is 11.6 Å². The maximum absolute atomic E-state index is 12.8. The topological polar surface area (TPSA) is 21.3 Å². The molecule has 0 aliphatic heterocycles. The van der Waals surface area contributed by atoms with Gasteiger partial charge in [0.2, 0.25) is 0 Å². The van der Waals surface area contributed by atoms with Crippen molar-refractivity contribution in [3.8, 4) is 5.75 Å². The number of nitrogens with one attached hydrogen (secondary N) is 1. The fourth-order valence-electron chi connectivity index (χ4n) is 1.24. The number of rotatable bonds is 5. The van der Waals surface area contributed by atoms with Crippen molar-refractivity contribution < 1.29 is 13.5 Å². The number of benzene rings is 1. The molecule has 0 aromatic heterocycles. The van der Waals surface area contributed by atoms with Crippen LogP contribution in [0.2, 0.25) is 0 Å². The summed E-state index contributed by atoms with van der Waals surface area (Å²) in [5, 5.41) is 2.97. The average molecular weight is 215 g/mol. The van der Waals surface area contributed by atoms with Crippen molar-refractivity contribution in [1.29, 1.82) is 0 Å². The van der Waals surface area contributed by atoms with Crippen LogP contribution in [0.15, 0.2) is 18.2 Å². The van der Waals surface area contributed by atoms with E-state index in [0.29, 0.717) is 12.3 Å². The second kappa shape index (κ2) is 5.66. The minimum absolute atomic E-state index is 0.0279. The third-order valence-corrected chi connectivity index (χ3v) is 2.08. The molecular weight excluding hydrogens is 200 g/mol. The standard InChI is InChI=1S/C11H15F2NO/c1-3-8(7-14-2)15-9-4-5-10(12)11(13)6-9/h4-6,8,14H,3,7H2,1-2H3. The van der Waals surface area contributed by atoms with Crippen LogP contribution in [0.5, 0.6) is 5.75 Å². The van der Waals surface area contributed by atoms with Crippen molar-refractivity contribution in [2.75, 3.05) is 13.6 Å². The van der Waals surface area contributed by atoms with E-state index in [1.807, 2.05) is 14.0 Å². The quantitative estimate of drug-likeness (QED) is 0.814. The summed E-state index contributed by atoms with van der Waals surface area (Å²) < 4.78 is 30.9. The zero-order chi connectivity index (χ0) is 11.3. The van der Waals surface area contributed by atoms with Crippen molar-refractivity contribution >= 4 is 0 Å². The van der Waals surface area contributed by atoms with Crippen LogP contribution < -0.4 is 10.1 Å². The van der Waals surface area contributed by atoms with Gasteiger partial charge in [-0.3, -0.25) is 0 Å². The molecule has 0 spiro atoms. The number of hydrogen-bond donors (Lipinski definition) is 1. The zero-order valence-electron chi connectivity index (χ0n) is 8.89. The molecule has 0 amide bonds. The van der Waals surface area contributed by atoms with Crippen molar-refractivity contribution in [2.24, 2.45) is 0 Å². The molecule has 2 nitrogen and oxygen atoms in total. The molecule has 1 aromatic rings. The van der Waals surface area contributed by atoms with E-state index in [0.717, 1.165) is 18.6 Å². The van der Waals surface area contributed by atoms with Gasteiger partial charge in [0.15, 0.2) is 11.6 Å². The first-order valence-electron chi connectivity index (χ1n) is 4.93. The van der Waals surface area contributed by atoms with Crippen LogP contribution in [0.3, 0.4) is 0 Å². The van der Waals surface area contributed by atoms with E-state index in [4.69, 9.17) is 4.74 Å². The molecule has 0 radical (unpaired) electrons. The van der Waals surface area contributed by atoms with E-state index in [-0.39, 0.29) is 6.10 Å². The molecule has 1 atom stereocenters. The Balaban J connectivity index is 2.66. The maximum atomic E-state index is 12.8. The predicted molar refractivity (Wildman–Crippen MR) is 55.0 cm³/mol. The maximum Gasteiger partial charge on any atom is 0.162 e. The summed E-state index contributed by atoms with van der Waals surface area (Å²) in [6.45, 7) is 2.65. The van der Waals surface area contributed by atoms with Gasteiger partial charge in [-0.1, -0.05) is 6.92 Å². The smallest absolute Gasteiger partial charge is 0.162 e. The molecule has 0 aliphatic rings. The van der Waals surface area contributed by atoms with E-state index >= 15 is 0 Å². The number of hydrogen-bond acceptors (Lipinski definition) is 2. The van der Waals surface area contributed by atoms with E-state index in [9.17, 15) is 8.78 Å². The second-order valence-electron chi connectivity index (χ2n) is 3.28. The van der Waals surface area contributed by atoms with Crippen molar-refractivity contribution in [1.82, 2.24) is 5.32 Å². The number of likely N-dealkylation sites (N-methyl/N-ethyl adjacent to an activating group) is 1. The molecule has 0 saturated heterocycles. The fraction of sp³-hybridized carbons (Fsp3) is 0.455. The minimum Gasteiger partial charge on any atom is -0.489 e. The van der Waals surface area contributed by atoms with Crippen LogP contribution in [0.25, 0.3) is 0 Å². The van der Waals surface area contributed by atoms with Gasteiger partial charge < -0.3 is 10.1 Å². The predicted octanol–water partition coefficient (Wildman–Crippen LogP) is 2.34. The highest BCUT2D eigenvalue weighted by Crippen LogP contribution is 2.17. The van der Waals surface area contributed by atoms with Gasteiger partial charge in [-0.2, -0.15) is 0 Å². The monoisotopic (exact) mass is 215 g/mol. The molecule has 0 saturated carbocycles. The third kappa shape index (κ3) is 3.47. The Hall–Kier alpha value is -1.16. The lowest BCUT2D eigenvalue weighted by molar-refractivity contribution is 0.195. The summed E-state index contributed by atoms with van der Waals surface area (Å²) in [7, 11) is 1.82. The van der Waals surface area contributed by atoms with E-state index in [1.54, 1.807) is 0 Å². The van der Waals surface area contributed by atoms with Gasteiger partial charge in [-0.05, 0) is 25.6 Å². The van der Waals surface area contributed by atoms with Crippen LogP contribution in [-0.4, -0.2) is 19.7 Å². The Bertz CT molecular complexity index is 317. The second-order valence-corrected chi connectivity index (χ2v) is 3.28. The minimum atomic E-state index is -0.883. The first-order valence-corrected chi connectivity index (χ1v) is 4.93. The van der Waals surface area contributed by atoms with Crippen LogP contribution in [0.1, 0.15) is 13.3 Å². The molecule has 1 aromatic carbocycles. The van der Waals surface area contributed by atoms with Crippen LogP contribution in [-0.2, 0) is 0 Å². The van der Waals surface area contributed by atoms with Crippen molar-refractivity contribution in [3.05, 3.63) is 29.8 Å². The highest BCUT2D eigenvalue weighted by atomic mass is 19.2. The molecular formula is C11H15F2NO. The van der Waals surface area contributed by atoms with Crippen molar-refractivity contribution in [3.63, 3.8) is 0 Å². The summed E-state index contributed by atoms with van der Waals surface area (Å²) in [5.41, 5.74) is 0. The molecule has 0 heterocycles. The SMILES string of the molecule is CCC(CNC)Oc1ccc(F)c(F)c1. The molecule has 4 heteroatoms. The summed E-state index contributed by atoms with van der Waals surface area (Å²) in [4.78, 5) is 0. The molecule has 0 bridgehead atoms. The molecule has 15 heavy (non-hydrogen) atoms. The van der Waals surface area contributed by atoms with Crippen LogP contribution in [0.4, 0.5) is 8.78 Å². The number of halogens is 2. The van der Waals surface area contributed by atoms with Gasteiger partial charge in [0.05, 0.1) is 0 Å². The summed E-state index contributed by atoms with van der Waals surface area (Å²) in [6, 6.07) is 3.56. The fourth-order valence-corrected chi connectivity index (χ4v) is 1.24. The summed E-state index contributed by atoms with van der Waals surface area (Å²) in [5.74, 6) is -1.38. The lowest BCUT2D eigenvalue weighted by Gasteiger charge is -2.17. The van der Waals surface area contributed by atoms with Gasteiger partial charge >= 0.3 is 0 Å². The van der Waals surface area contributed by atoms with Crippen LogP contribution >= 0.6 is 0 Å². The molecule has 1 N–H and O–H groups in total. The molecule has 0 fully saturated rings. The third-order valence-electron chi connectivity index (χ3n) is 2.08. The van der Waals surface area contributed by atoms with Gasteiger partial charge in [-0.15, -0.1) is 0 Å². The Morgan fingerprint density at radius 2 is 2.07 bits per heavy atom. The summed E-state index contributed by atoms with van der Waals surface area (Å²) >= 11 is 0. The lowest BCUT2D eigenvalue weighted by Crippen LogP contribution is -2.28. The largest absolute Gasteiger partial charge is 0.489 e. The first-order chi connectivity index (χ1) is 7.17. The summed E-state index contributed by atoms with van der Waals surface area (Å²) in [6.07, 6.45) is 0.777. The molecule has 1 rings (SSSR count). The Labute approximate surface area is 88.3 Å². The zero-order valence-corrected chi connectivity index (χ0v) is 8.89. The highest BCUT2D eigenvalue weighted by molar-refractivity contribution is 5.23. The molecule has 0 aliphatic carbocycles. The van der Waals surface area contributed by atoms with Gasteiger partial charge in [0.25, 0.3) is 0 Å². The highest BCUT2D eigenvalue weighted by Gasteiger charge is 2.09. The van der Waals surface area contributed by atoms with E-state index in [2.05, 4.69) is 5.32 Å². The molecule has 84 valence electrons. The Morgan fingerprint density at radius 1 is 1.33 bits per heavy atom. The average Bonchev–Trinajstić information content (AvgIpc) is 2.23. The van der Waals surface area contributed by atoms with E-state index in [1.165, 1.54) is 6.07 Å². The Kier molecular flexibility index (Phi) is 4.49. The van der Waals surface area contributed by atoms with Crippen molar-refractivity contribution in [2.45, 2.75) is 19.4 Å². The molecule has 1 unspecified atom stereocenters.